The number of benzene rings is 2. The van der Waals surface area contributed by atoms with E-state index in [2.05, 4.69) is 24.4 Å². The zero-order valence-electron chi connectivity index (χ0n) is 19.0. The first-order valence-electron chi connectivity index (χ1n) is 10.9. The lowest BCUT2D eigenvalue weighted by atomic mass is 9.96. The summed E-state index contributed by atoms with van der Waals surface area (Å²) in [4.78, 5) is 13.2. The fourth-order valence-corrected chi connectivity index (χ4v) is 3.95. The van der Waals surface area contributed by atoms with Crippen molar-refractivity contribution >= 4 is 5.97 Å². The van der Waals surface area contributed by atoms with Crippen LogP contribution in [0.2, 0.25) is 0 Å². The molecule has 0 amide bonds. The van der Waals surface area contributed by atoms with E-state index in [1.807, 2.05) is 62.4 Å². The number of hydrogen-bond acceptors (Lipinski definition) is 6. The van der Waals surface area contributed by atoms with Crippen LogP contribution in [0, 0.1) is 0 Å². The molecule has 0 saturated carbocycles. The molecule has 0 spiro atoms. The highest BCUT2D eigenvalue weighted by molar-refractivity contribution is 5.77. The Labute approximate surface area is 184 Å². The molecule has 2 aromatic rings. The van der Waals surface area contributed by atoms with E-state index in [0.717, 1.165) is 11.1 Å². The van der Waals surface area contributed by atoms with Gasteiger partial charge in [-0.2, -0.15) is 0 Å². The van der Waals surface area contributed by atoms with Crippen LogP contribution in [-0.2, 0) is 23.7 Å². The Morgan fingerprint density at radius 3 is 1.97 bits per heavy atom. The highest BCUT2D eigenvalue weighted by atomic mass is 16.8. The van der Waals surface area contributed by atoms with Gasteiger partial charge in [0, 0.05) is 26.2 Å². The number of esters is 1. The van der Waals surface area contributed by atoms with Crippen LogP contribution in [0.15, 0.2) is 60.7 Å². The molecule has 0 aromatic heterocycles. The highest BCUT2D eigenvalue weighted by Crippen LogP contribution is 2.41. The van der Waals surface area contributed by atoms with Gasteiger partial charge in [-0.15, -0.1) is 0 Å². The van der Waals surface area contributed by atoms with Crippen molar-refractivity contribution < 1.29 is 23.7 Å². The minimum Gasteiger partial charge on any atom is -0.425 e. The standard InChI is InChI=1S/C25H33NO5/c1-6-28-24(4)25(5,29-7-2)31-23(27)22(30-24)21(20-16-12-9-13-17-20)26-18(3)19-14-10-8-11-15-19/h8-18,21-22,26H,6-7H2,1-5H3/t18-,21-,22-,24+,25+/m0/s1. The molecule has 0 bridgehead atoms. The van der Waals surface area contributed by atoms with Crippen LogP contribution in [0.4, 0.5) is 0 Å². The lowest BCUT2D eigenvalue weighted by molar-refractivity contribution is -0.416. The van der Waals surface area contributed by atoms with Crippen LogP contribution in [-0.4, -0.2) is 36.9 Å². The monoisotopic (exact) mass is 427 g/mol. The Hall–Kier alpha value is -2.25. The van der Waals surface area contributed by atoms with E-state index in [4.69, 9.17) is 18.9 Å². The minimum atomic E-state index is -1.35. The molecular formula is C25H33NO5. The first kappa shape index (κ1) is 23.4. The van der Waals surface area contributed by atoms with Gasteiger partial charge in [-0.3, -0.25) is 0 Å². The van der Waals surface area contributed by atoms with Crippen molar-refractivity contribution in [2.24, 2.45) is 0 Å². The van der Waals surface area contributed by atoms with Crippen molar-refractivity contribution in [2.45, 2.75) is 64.4 Å². The smallest absolute Gasteiger partial charge is 0.340 e. The van der Waals surface area contributed by atoms with E-state index in [1.165, 1.54) is 0 Å². The summed E-state index contributed by atoms with van der Waals surface area (Å²) in [6.45, 7) is 9.95. The number of ether oxygens (including phenoxy) is 4. The molecule has 6 heteroatoms. The summed E-state index contributed by atoms with van der Waals surface area (Å²) in [5.74, 6) is -3.10. The third-order valence-corrected chi connectivity index (χ3v) is 5.73. The number of nitrogens with one attached hydrogen (secondary N) is 1. The molecule has 2 aromatic carbocycles. The van der Waals surface area contributed by atoms with E-state index in [1.54, 1.807) is 13.8 Å². The van der Waals surface area contributed by atoms with Gasteiger partial charge in [-0.05, 0) is 38.8 Å². The molecule has 6 nitrogen and oxygen atoms in total. The van der Waals surface area contributed by atoms with Crippen molar-refractivity contribution in [3.8, 4) is 0 Å². The Balaban J connectivity index is 1.95. The average molecular weight is 428 g/mol. The Morgan fingerprint density at radius 2 is 1.42 bits per heavy atom. The van der Waals surface area contributed by atoms with Gasteiger partial charge in [0.15, 0.2) is 6.10 Å². The summed E-state index contributed by atoms with van der Waals surface area (Å²) in [6, 6.07) is 19.4. The van der Waals surface area contributed by atoms with E-state index in [-0.39, 0.29) is 6.04 Å². The third-order valence-electron chi connectivity index (χ3n) is 5.73. The number of cyclic esters (lactones) is 1. The van der Waals surface area contributed by atoms with E-state index in [0.29, 0.717) is 13.2 Å². The molecule has 168 valence electrons. The number of carbonyl (C=O) groups is 1. The first-order chi connectivity index (χ1) is 14.8. The number of carbonyl (C=O) groups excluding carboxylic acids is 1. The van der Waals surface area contributed by atoms with E-state index in [9.17, 15) is 4.79 Å². The van der Waals surface area contributed by atoms with Gasteiger partial charge < -0.3 is 24.3 Å². The van der Waals surface area contributed by atoms with Crippen LogP contribution in [0.3, 0.4) is 0 Å². The van der Waals surface area contributed by atoms with Crippen molar-refractivity contribution in [3.63, 3.8) is 0 Å². The predicted molar refractivity (Wildman–Crippen MR) is 118 cm³/mol. The maximum absolute atomic E-state index is 13.2. The fourth-order valence-electron chi connectivity index (χ4n) is 3.95. The lowest BCUT2D eigenvalue weighted by Crippen LogP contribution is -2.66. The van der Waals surface area contributed by atoms with E-state index >= 15 is 0 Å². The number of hydrogen-bond donors (Lipinski definition) is 1. The van der Waals surface area contributed by atoms with Gasteiger partial charge in [0.2, 0.25) is 5.79 Å². The first-order valence-corrected chi connectivity index (χ1v) is 10.9. The van der Waals surface area contributed by atoms with Gasteiger partial charge in [0.1, 0.15) is 0 Å². The summed E-state index contributed by atoms with van der Waals surface area (Å²) in [7, 11) is 0. The van der Waals surface area contributed by atoms with Gasteiger partial charge in [-0.1, -0.05) is 60.7 Å². The molecule has 0 unspecified atom stereocenters. The molecule has 1 heterocycles. The maximum Gasteiger partial charge on any atom is 0.340 e. The zero-order valence-corrected chi connectivity index (χ0v) is 19.0. The van der Waals surface area contributed by atoms with Crippen LogP contribution >= 0.6 is 0 Å². The van der Waals surface area contributed by atoms with Crippen LogP contribution in [0.25, 0.3) is 0 Å². The van der Waals surface area contributed by atoms with Crippen LogP contribution in [0.1, 0.15) is 57.8 Å². The van der Waals surface area contributed by atoms with Crippen molar-refractivity contribution in [2.75, 3.05) is 13.2 Å². The van der Waals surface area contributed by atoms with Gasteiger partial charge in [0.05, 0.1) is 6.04 Å². The Bertz CT molecular complexity index is 846. The molecule has 1 aliphatic heterocycles. The molecular weight excluding hydrogens is 394 g/mol. The third kappa shape index (κ3) is 4.99. The molecule has 0 aliphatic carbocycles. The second-order valence-electron chi connectivity index (χ2n) is 7.90. The summed E-state index contributed by atoms with van der Waals surface area (Å²) in [5.41, 5.74) is 2.03. The van der Waals surface area contributed by atoms with Crippen molar-refractivity contribution in [1.29, 1.82) is 0 Å². The summed E-state index contributed by atoms with van der Waals surface area (Å²) in [6.07, 6.45) is -0.918. The summed E-state index contributed by atoms with van der Waals surface area (Å²) >= 11 is 0. The van der Waals surface area contributed by atoms with Crippen LogP contribution < -0.4 is 5.32 Å². The SMILES string of the molecule is CCO[C@]1(C)OC(=O)[C@H]([C@@H](N[C@@H](C)c2ccccc2)c2ccccc2)O[C@@]1(C)OCC. The van der Waals surface area contributed by atoms with E-state index < -0.39 is 29.7 Å². The van der Waals surface area contributed by atoms with Gasteiger partial charge >= 0.3 is 5.97 Å². The summed E-state index contributed by atoms with van der Waals surface area (Å²) < 4.78 is 23.9. The fraction of sp³-hybridized carbons (Fsp3) is 0.480. The minimum absolute atomic E-state index is 0.0265. The average Bonchev–Trinajstić information content (AvgIpc) is 2.76. The summed E-state index contributed by atoms with van der Waals surface area (Å²) in [5, 5.41) is 3.57. The molecule has 5 atom stereocenters. The number of rotatable bonds is 9. The topological polar surface area (TPSA) is 66.0 Å². The molecule has 1 fully saturated rings. The van der Waals surface area contributed by atoms with Crippen LogP contribution in [0.5, 0.6) is 0 Å². The Kier molecular flexibility index (Phi) is 7.49. The molecule has 31 heavy (non-hydrogen) atoms. The highest BCUT2D eigenvalue weighted by Gasteiger charge is 2.59. The Morgan fingerprint density at radius 1 is 0.903 bits per heavy atom. The van der Waals surface area contributed by atoms with Gasteiger partial charge in [-0.25, -0.2) is 4.79 Å². The molecule has 1 N–H and O–H groups in total. The molecule has 0 radical (unpaired) electrons. The normalized spacial score (nSPS) is 28.0. The predicted octanol–water partition coefficient (Wildman–Crippen LogP) is 4.53. The molecule has 1 saturated heterocycles. The van der Waals surface area contributed by atoms with Crippen molar-refractivity contribution in [3.05, 3.63) is 71.8 Å². The lowest BCUT2D eigenvalue weighted by Gasteiger charge is -2.50. The second kappa shape index (κ2) is 9.92. The maximum atomic E-state index is 13.2. The molecule has 3 rings (SSSR count). The zero-order chi connectivity index (χ0) is 22.5. The van der Waals surface area contributed by atoms with Gasteiger partial charge in [0.25, 0.3) is 5.79 Å². The largest absolute Gasteiger partial charge is 0.425 e. The molecule has 1 aliphatic rings. The quantitative estimate of drug-likeness (QED) is 0.594. The second-order valence-corrected chi connectivity index (χ2v) is 7.90. The van der Waals surface area contributed by atoms with Crippen molar-refractivity contribution in [1.82, 2.24) is 5.32 Å².